The fourth-order valence-electron chi connectivity index (χ4n) is 3.90. The zero-order chi connectivity index (χ0) is 23.7. The summed E-state index contributed by atoms with van der Waals surface area (Å²) in [5, 5.41) is 5.13. The van der Waals surface area contributed by atoms with Crippen molar-refractivity contribution in [1.82, 2.24) is 10.1 Å². The normalized spacial score (nSPS) is 14.3. The van der Waals surface area contributed by atoms with Gasteiger partial charge < -0.3 is 9.47 Å². The molecule has 1 aliphatic heterocycles. The maximum atomic E-state index is 13.2. The number of nitrogens with one attached hydrogen (secondary N) is 1. The van der Waals surface area contributed by atoms with E-state index in [1.807, 2.05) is 19.1 Å². The van der Waals surface area contributed by atoms with Crippen LogP contribution >= 0.6 is 11.8 Å². The monoisotopic (exact) mass is 467 g/mol. The number of H-pyrrole nitrogens is 1. The Morgan fingerprint density at radius 3 is 2.61 bits per heavy atom. The molecule has 9 nitrogen and oxygen atoms in total. The van der Waals surface area contributed by atoms with Gasteiger partial charge in [-0.15, -0.1) is 0 Å². The number of carbonyl (C=O) groups is 2. The number of esters is 1. The number of anilines is 1. The van der Waals surface area contributed by atoms with E-state index < -0.39 is 12.1 Å². The molecule has 0 bridgehead atoms. The highest BCUT2D eigenvalue weighted by Gasteiger charge is 2.45. The van der Waals surface area contributed by atoms with Crippen LogP contribution in [-0.4, -0.2) is 34.8 Å². The van der Waals surface area contributed by atoms with Gasteiger partial charge in [0.1, 0.15) is 0 Å². The molecule has 10 heteroatoms. The number of aromatic amines is 1. The van der Waals surface area contributed by atoms with E-state index in [2.05, 4.69) is 10.1 Å². The number of nitrogens with zero attached hydrogens (tertiary/aromatic N) is 3. The summed E-state index contributed by atoms with van der Waals surface area (Å²) in [4.78, 5) is 42.0. The zero-order valence-electron chi connectivity index (χ0n) is 18.6. The van der Waals surface area contributed by atoms with Crippen molar-refractivity contribution in [3.63, 3.8) is 0 Å². The van der Waals surface area contributed by atoms with Crippen molar-refractivity contribution < 1.29 is 23.7 Å². The lowest BCUT2D eigenvalue weighted by atomic mass is 10.0. The minimum Gasteiger partial charge on any atom is -0.493 e. The molecule has 2 heterocycles. The third kappa shape index (κ3) is 4.09. The number of ether oxygens (including phenoxy) is 2. The van der Waals surface area contributed by atoms with Crippen LogP contribution in [0.4, 0.5) is 5.69 Å². The van der Waals surface area contributed by atoms with Crippen molar-refractivity contribution in [3.05, 3.63) is 58.4 Å². The number of benzene rings is 2. The molecule has 4 rings (SSSR count). The lowest BCUT2D eigenvalue weighted by Gasteiger charge is -2.31. The highest BCUT2D eigenvalue weighted by atomic mass is 32.2. The molecule has 1 atom stereocenters. The van der Waals surface area contributed by atoms with Gasteiger partial charge in [0.05, 0.1) is 18.4 Å². The number of hydrogen-bond donors (Lipinski definition) is 1. The minimum absolute atomic E-state index is 0.222. The summed E-state index contributed by atoms with van der Waals surface area (Å²) in [6.45, 7) is 4.73. The third-order valence-electron chi connectivity index (χ3n) is 5.12. The third-order valence-corrected chi connectivity index (χ3v) is 5.86. The highest BCUT2D eigenvalue weighted by molar-refractivity contribution is 7.99. The maximum absolute atomic E-state index is 13.2. The fourth-order valence-corrected chi connectivity index (χ4v) is 4.48. The molecule has 0 aliphatic carbocycles. The number of para-hydroxylation sites is 1. The summed E-state index contributed by atoms with van der Waals surface area (Å²) >= 11 is 1.39. The summed E-state index contributed by atoms with van der Waals surface area (Å²) in [7, 11) is 1.46. The molecule has 3 aromatic rings. The van der Waals surface area contributed by atoms with Gasteiger partial charge >= 0.3 is 17.2 Å². The Hall–Kier alpha value is -3.66. The molecule has 1 N–H and O–H groups in total. The quantitative estimate of drug-likeness (QED) is 0.266. The number of fused-ring (bicyclic) bond motifs is 3. The average Bonchev–Trinajstić information content (AvgIpc) is 2.78. The van der Waals surface area contributed by atoms with Crippen molar-refractivity contribution in [2.45, 2.75) is 32.1 Å². The molecule has 1 amide bonds. The summed E-state index contributed by atoms with van der Waals surface area (Å²) in [5.74, 6) is 0.587. The largest absolute Gasteiger partial charge is 0.493 e. The number of amides is 1. The number of aromatic nitrogens is 3. The molecule has 0 saturated heterocycles. The van der Waals surface area contributed by atoms with Crippen molar-refractivity contribution in [2.24, 2.45) is 0 Å². The first-order valence-electron chi connectivity index (χ1n) is 10.3. The Bertz CT molecular complexity index is 1310. The second-order valence-corrected chi connectivity index (χ2v) is 8.52. The van der Waals surface area contributed by atoms with Gasteiger partial charge in [0.15, 0.2) is 11.5 Å². The van der Waals surface area contributed by atoms with Crippen LogP contribution in [0.1, 0.15) is 32.5 Å². The number of rotatable bonds is 5. The first kappa shape index (κ1) is 22.5. The molecule has 0 fully saturated rings. The maximum Gasteiger partial charge on any atom is 0.325 e. The van der Waals surface area contributed by atoms with E-state index in [0.717, 1.165) is 0 Å². The predicted octanol–water partition coefficient (Wildman–Crippen LogP) is 2.68. The van der Waals surface area contributed by atoms with Crippen LogP contribution in [0, 0.1) is 0 Å². The fraction of sp³-hybridized carbons (Fsp3) is 0.261. The zero-order valence-corrected chi connectivity index (χ0v) is 19.4. The molecular formula is C23H23N4O5S+. The van der Waals surface area contributed by atoms with E-state index in [0.29, 0.717) is 39.2 Å². The van der Waals surface area contributed by atoms with Gasteiger partial charge in [0, 0.05) is 24.5 Å². The second-order valence-electron chi connectivity index (χ2n) is 7.27. The van der Waals surface area contributed by atoms with Gasteiger partial charge in [0.25, 0.3) is 6.17 Å². The Morgan fingerprint density at radius 2 is 1.94 bits per heavy atom. The lowest BCUT2D eigenvalue weighted by Crippen LogP contribution is -2.60. The average molecular weight is 468 g/mol. The lowest BCUT2D eigenvalue weighted by molar-refractivity contribution is -0.763. The summed E-state index contributed by atoms with van der Waals surface area (Å²) in [6.07, 6.45) is -0.758. The summed E-state index contributed by atoms with van der Waals surface area (Å²) in [5.41, 5.74) is 1.88. The highest BCUT2D eigenvalue weighted by Crippen LogP contribution is 2.39. The molecule has 33 heavy (non-hydrogen) atoms. The Balaban J connectivity index is 2.00. The smallest absolute Gasteiger partial charge is 0.325 e. The summed E-state index contributed by atoms with van der Waals surface area (Å²) in [6, 6.07) is 12.2. The van der Waals surface area contributed by atoms with Crippen LogP contribution in [0.3, 0.4) is 0 Å². The Kier molecular flexibility index (Phi) is 6.19. The Labute approximate surface area is 194 Å². The van der Waals surface area contributed by atoms with Gasteiger partial charge in [-0.05, 0) is 40.8 Å². The van der Waals surface area contributed by atoms with Crippen molar-refractivity contribution in [3.8, 4) is 22.8 Å². The molecule has 0 unspecified atom stereocenters. The molecule has 1 aliphatic rings. The van der Waals surface area contributed by atoms with Crippen LogP contribution in [0.2, 0.25) is 0 Å². The molecular weight excluding hydrogens is 444 g/mol. The number of hydrogen-bond acceptors (Lipinski definition) is 7. The van der Waals surface area contributed by atoms with Crippen molar-refractivity contribution in [1.29, 1.82) is 0 Å². The molecule has 2 aromatic carbocycles. The number of carbonyl (C=O) groups excluding carboxylic acids is 2. The number of methoxy groups -OCH3 is 1. The predicted molar refractivity (Wildman–Crippen MR) is 122 cm³/mol. The number of thioether (sulfide) groups is 1. The van der Waals surface area contributed by atoms with Gasteiger partial charge in [-0.1, -0.05) is 30.8 Å². The van der Waals surface area contributed by atoms with Crippen molar-refractivity contribution in [2.75, 3.05) is 17.8 Å². The van der Waals surface area contributed by atoms with E-state index in [1.165, 1.54) is 32.7 Å². The molecule has 0 spiro atoms. The molecule has 0 radical (unpaired) electrons. The molecule has 1 aromatic heterocycles. The SMILES string of the molecule is CCSc1n[n+]2c(c(=O)[nH]1)-c1ccccc1N(C(C)=O)[C@H]2c1ccc(OC(C)=O)c(OC)c1. The standard InChI is InChI=1S/C23H22N4O5S/c1-5-33-23-24-21(30)20-16-8-6-7-9-17(16)26(13(2)28)22(27(20)25-23)15-10-11-18(32-14(3)29)19(12-15)31-4/h6-12,22H,5H2,1-4H3/p+1/t22-/m1/s1. The van der Waals surface area contributed by atoms with E-state index in [9.17, 15) is 14.4 Å². The van der Waals surface area contributed by atoms with E-state index in [4.69, 9.17) is 9.47 Å². The van der Waals surface area contributed by atoms with E-state index in [-0.39, 0.29) is 17.2 Å². The molecule has 170 valence electrons. The van der Waals surface area contributed by atoms with Crippen molar-refractivity contribution >= 4 is 29.3 Å². The second kappa shape index (κ2) is 9.07. The summed E-state index contributed by atoms with van der Waals surface area (Å²) < 4.78 is 12.2. The van der Waals surface area contributed by atoms with Crippen LogP contribution in [-0.2, 0) is 9.59 Å². The van der Waals surface area contributed by atoms with Crippen LogP contribution in [0.15, 0.2) is 52.4 Å². The van der Waals surface area contributed by atoms with E-state index in [1.54, 1.807) is 39.9 Å². The van der Waals surface area contributed by atoms with Crippen LogP contribution in [0.5, 0.6) is 11.5 Å². The van der Waals surface area contributed by atoms with E-state index >= 15 is 0 Å². The van der Waals surface area contributed by atoms with Gasteiger partial charge in [0.2, 0.25) is 11.1 Å². The Morgan fingerprint density at radius 1 is 1.18 bits per heavy atom. The van der Waals surface area contributed by atoms with Crippen LogP contribution in [0.25, 0.3) is 11.3 Å². The van der Waals surface area contributed by atoms with Gasteiger partial charge in [-0.3, -0.25) is 19.4 Å². The topological polar surface area (TPSA) is 105 Å². The first-order valence-corrected chi connectivity index (χ1v) is 11.3. The van der Waals surface area contributed by atoms with Gasteiger partial charge in [-0.2, -0.15) is 0 Å². The minimum atomic E-state index is -0.758. The van der Waals surface area contributed by atoms with Crippen LogP contribution < -0.4 is 24.6 Å². The van der Waals surface area contributed by atoms with Gasteiger partial charge in [-0.25, -0.2) is 4.90 Å². The first-order chi connectivity index (χ1) is 15.8. The molecule has 0 saturated carbocycles.